The molecule has 0 saturated heterocycles. The summed E-state index contributed by atoms with van der Waals surface area (Å²) in [5, 5.41) is 33.7. The molecule has 0 aromatic heterocycles. The van der Waals surface area contributed by atoms with Gasteiger partial charge in [-0.1, -0.05) is 0 Å². The maximum atomic E-state index is 12.3. The van der Waals surface area contributed by atoms with Crippen LogP contribution in [-0.4, -0.2) is 81.8 Å². The molecule has 0 heterocycles. The van der Waals surface area contributed by atoms with Crippen molar-refractivity contribution < 1.29 is 39.3 Å². The molecule has 0 aromatic carbocycles. The summed E-state index contributed by atoms with van der Waals surface area (Å²) >= 11 is 0. The van der Waals surface area contributed by atoms with Crippen molar-refractivity contribution in [1.29, 1.82) is 0 Å². The number of carboxylic acid groups (broad SMARTS) is 1. The molecule has 0 aliphatic rings. The Labute approximate surface area is 154 Å². The number of carbonyl (C=O) groups is 5. The first-order valence-corrected chi connectivity index (χ1v) is 7.87. The Kier molecular flexibility index (Phi) is 9.92. The van der Waals surface area contributed by atoms with Gasteiger partial charge in [0.2, 0.25) is 23.6 Å². The molecule has 154 valence electrons. The molecule has 5 atom stereocenters. The normalized spacial score (nSPS) is 16.2. The maximum Gasteiger partial charge on any atom is 0.322 e. The lowest BCUT2D eigenvalue weighted by atomic mass is 10.1. The second-order valence-corrected chi connectivity index (χ2v) is 5.84. The summed E-state index contributed by atoms with van der Waals surface area (Å²) in [4.78, 5) is 57.8. The number of hydrogen-bond acceptors (Lipinski definition) is 8. The maximum absolute atomic E-state index is 12.3. The molecule has 0 fully saturated rings. The lowest BCUT2D eigenvalue weighted by Crippen LogP contribution is -2.60. The van der Waals surface area contributed by atoms with Gasteiger partial charge in [0, 0.05) is 0 Å². The van der Waals surface area contributed by atoms with Crippen molar-refractivity contribution in [2.24, 2.45) is 11.5 Å². The zero-order chi connectivity index (χ0) is 21.3. The number of nitrogens with two attached hydrogens (primary N) is 2. The average Bonchev–Trinajstić information content (AvgIpc) is 2.54. The van der Waals surface area contributed by atoms with E-state index in [0.717, 1.165) is 6.92 Å². The summed E-state index contributed by atoms with van der Waals surface area (Å²) < 4.78 is 0. The van der Waals surface area contributed by atoms with Gasteiger partial charge in [0.05, 0.1) is 18.6 Å². The SMILES string of the molecule is CC(O)C(N)C(=O)NC(CC(N)=O)C(=O)NC(C(=O)NCC(=O)O)C(C)O. The van der Waals surface area contributed by atoms with Crippen molar-refractivity contribution in [3.8, 4) is 0 Å². The number of aliphatic hydroxyl groups is 2. The van der Waals surface area contributed by atoms with Gasteiger partial charge in [0.25, 0.3) is 0 Å². The molecular weight excluding hydrogens is 366 g/mol. The Morgan fingerprint density at radius 3 is 1.89 bits per heavy atom. The fraction of sp³-hybridized carbons (Fsp3) is 0.643. The largest absolute Gasteiger partial charge is 0.480 e. The van der Waals surface area contributed by atoms with E-state index in [1.807, 2.05) is 5.32 Å². The Bertz CT molecular complexity index is 580. The van der Waals surface area contributed by atoms with Crippen LogP contribution in [0.4, 0.5) is 0 Å². The summed E-state index contributed by atoms with van der Waals surface area (Å²) in [5.41, 5.74) is 10.5. The summed E-state index contributed by atoms with van der Waals surface area (Å²) in [5.74, 6) is -5.28. The van der Waals surface area contributed by atoms with Gasteiger partial charge >= 0.3 is 5.97 Å². The molecule has 0 rings (SSSR count). The number of hydrogen-bond donors (Lipinski definition) is 8. The Morgan fingerprint density at radius 2 is 1.48 bits per heavy atom. The van der Waals surface area contributed by atoms with Crippen LogP contribution in [0.1, 0.15) is 20.3 Å². The number of aliphatic hydroxyl groups excluding tert-OH is 2. The van der Waals surface area contributed by atoms with E-state index in [-0.39, 0.29) is 0 Å². The van der Waals surface area contributed by atoms with Crippen molar-refractivity contribution >= 4 is 29.6 Å². The highest BCUT2D eigenvalue weighted by Crippen LogP contribution is 2.00. The predicted octanol–water partition coefficient (Wildman–Crippen LogP) is -4.88. The minimum absolute atomic E-state index is 0.645. The highest BCUT2D eigenvalue weighted by atomic mass is 16.4. The molecule has 0 aliphatic carbocycles. The molecule has 0 bridgehead atoms. The van der Waals surface area contributed by atoms with Crippen LogP contribution in [0, 0.1) is 0 Å². The molecule has 4 amide bonds. The number of primary amides is 1. The van der Waals surface area contributed by atoms with Crippen LogP contribution in [0.25, 0.3) is 0 Å². The standard InChI is InChI=1S/C14H25N5O8/c1-5(20)10(16)13(26)18-7(3-8(15)22)12(25)19-11(6(2)21)14(27)17-4-9(23)24/h5-7,10-11,20-21H,3-4,16H2,1-2H3,(H2,15,22)(H,17,27)(H,18,26)(H,19,25)(H,23,24). The first-order chi connectivity index (χ1) is 12.4. The van der Waals surface area contributed by atoms with Crippen molar-refractivity contribution in [3.05, 3.63) is 0 Å². The van der Waals surface area contributed by atoms with Gasteiger partial charge in [-0.15, -0.1) is 0 Å². The second kappa shape index (κ2) is 11.1. The number of amides is 4. The molecule has 13 heteroatoms. The highest BCUT2D eigenvalue weighted by Gasteiger charge is 2.32. The van der Waals surface area contributed by atoms with Gasteiger partial charge in [-0.25, -0.2) is 0 Å². The van der Waals surface area contributed by atoms with Gasteiger partial charge in [-0.3, -0.25) is 24.0 Å². The molecule has 0 aliphatic heterocycles. The molecule has 0 spiro atoms. The Morgan fingerprint density at radius 1 is 0.926 bits per heavy atom. The smallest absolute Gasteiger partial charge is 0.322 e. The fourth-order valence-corrected chi connectivity index (χ4v) is 1.83. The molecule has 27 heavy (non-hydrogen) atoms. The van der Waals surface area contributed by atoms with E-state index in [1.165, 1.54) is 6.92 Å². The Balaban J connectivity index is 5.22. The number of rotatable bonds is 11. The van der Waals surface area contributed by atoms with Crippen LogP contribution in [-0.2, 0) is 24.0 Å². The van der Waals surface area contributed by atoms with Gasteiger partial charge in [0.15, 0.2) is 0 Å². The van der Waals surface area contributed by atoms with E-state index in [1.54, 1.807) is 0 Å². The number of carboxylic acids is 1. The van der Waals surface area contributed by atoms with E-state index >= 15 is 0 Å². The zero-order valence-electron chi connectivity index (χ0n) is 14.8. The van der Waals surface area contributed by atoms with Crippen molar-refractivity contribution in [1.82, 2.24) is 16.0 Å². The molecule has 13 nitrogen and oxygen atoms in total. The van der Waals surface area contributed by atoms with E-state index in [0.29, 0.717) is 0 Å². The van der Waals surface area contributed by atoms with Crippen LogP contribution in [0.15, 0.2) is 0 Å². The van der Waals surface area contributed by atoms with Gasteiger partial charge in [0.1, 0.15) is 24.7 Å². The lowest BCUT2D eigenvalue weighted by molar-refractivity contribution is -0.139. The molecule has 0 aromatic rings. The zero-order valence-corrected chi connectivity index (χ0v) is 14.8. The molecule has 10 N–H and O–H groups in total. The predicted molar refractivity (Wildman–Crippen MR) is 89.7 cm³/mol. The summed E-state index contributed by atoms with van der Waals surface area (Å²) in [6.07, 6.45) is -3.31. The van der Waals surface area contributed by atoms with E-state index < -0.39 is 72.9 Å². The first kappa shape index (κ1) is 24.2. The summed E-state index contributed by atoms with van der Waals surface area (Å²) in [6.45, 7) is 1.66. The number of aliphatic carboxylic acids is 1. The van der Waals surface area contributed by atoms with E-state index in [9.17, 15) is 34.2 Å². The van der Waals surface area contributed by atoms with Crippen LogP contribution in [0.3, 0.4) is 0 Å². The molecular formula is C14H25N5O8. The third-order valence-corrected chi connectivity index (χ3v) is 3.34. The van der Waals surface area contributed by atoms with E-state index in [4.69, 9.17) is 16.6 Å². The monoisotopic (exact) mass is 391 g/mol. The van der Waals surface area contributed by atoms with E-state index in [2.05, 4.69) is 10.6 Å². The van der Waals surface area contributed by atoms with Gasteiger partial charge < -0.3 is 42.7 Å². The lowest BCUT2D eigenvalue weighted by Gasteiger charge is -2.25. The quantitative estimate of drug-likeness (QED) is 0.168. The van der Waals surface area contributed by atoms with Gasteiger partial charge in [-0.2, -0.15) is 0 Å². The van der Waals surface area contributed by atoms with Crippen molar-refractivity contribution in [3.63, 3.8) is 0 Å². The number of carbonyl (C=O) groups excluding carboxylic acids is 4. The number of nitrogens with one attached hydrogen (secondary N) is 3. The van der Waals surface area contributed by atoms with Gasteiger partial charge in [-0.05, 0) is 13.8 Å². The molecule has 0 radical (unpaired) electrons. The highest BCUT2D eigenvalue weighted by molar-refractivity contribution is 5.96. The molecule has 5 unspecified atom stereocenters. The average molecular weight is 391 g/mol. The topological polar surface area (TPSA) is 234 Å². The fourth-order valence-electron chi connectivity index (χ4n) is 1.83. The minimum atomic E-state index is -1.56. The van der Waals surface area contributed by atoms with Crippen LogP contribution < -0.4 is 27.4 Å². The molecule has 0 saturated carbocycles. The van der Waals surface area contributed by atoms with Crippen LogP contribution >= 0.6 is 0 Å². The third-order valence-electron chi connectivity index (χ3n) is 3.34. The van der Waals surface area contributed by atoms with Crippen molar-refractivity contribution in [2.45, 2.75) is 50.6 Å². The summed E-state index contributed by atoms with van der Waals surface area (Å²) in [7, 11) is 0. The second-order valence-electron chi connectivity index (χ2n) is 5.84. The first-order valence-electron chi connectivity index (χ1n) is 7.87. The summed E-state index contributed by atoms with van der Waals surface area (Å²) in [6, 6.07) is -4.48. The van der Waals surface area contributed by atoms with Crippen LogP contribution in [0.5, 0.6) is 0 Å². The van der Waals surface area contributed by atoms with Crippen molar-refractivity contribution in [2.75, 3.05) is 6.54 Å². The third kappa shape index (κ3) is 8.94. The Hall–Kier alpha value is -2.77. The van der Waals surface area contributed by atoms with Crippen LogP contribution in [0.2, 0.25) is 0 Å². The minimum Gasteiger partial charge on any atom is -0.480 e.